The number of hydrogen-bond acceptors (Lipinski definition) is 7. The lowest BCUT2D eigenvalue weighted by Gasteiger charge is -2.29. The molecule has 0 radical (unpaired) electrons. The largest absolute Gasteiger partial charge is 0.480 e. The summed E-state index contributed by atoms with van der Waals surface area (Å²) in [5, 5.41) is 24.5. The van der Waals surface area contributed by atoms with Crippen molar-refractivity contribution in [1.82, 2.24) is 20.9 Å². The average molecular weight is 513 g/mol. The van der Waals surface area contributed by atoms with Crippen molar-refractivity contribution in [1.29, 1.82) is 5.41 Å². The van der Waals surface area contributed by atoms with E-state index in [1.165, 1.54) is 4.90 Å². The van der Waals surface area contributed by atoms with Gasteiger partial charge in [-0.2, -0.15) is 0 Å². The highest BCUT2D eigenvalue weighted by molar-refractivity contribution is 5.94. The molecular weight excluding hydrogens is 468 g/mol. The number of nitrogens with zero attached hydrogens (tertiary/aromatic N) is 1. The molecule has 1 heterocycles. The van der Waals surface area contributed by atoms with Gasteiger partial charge in [0.05, 0.1) is 6.04 Å². The summed E-state index contributed by atoms with van der Waals surface area (Å²) < 4.78 is 0. The maximum atomic E-state index is 13.1. The Balaban J connectivity index is 2.82. The van der Waals surface area contributed by atoms with Crippen LogP contribution in [0.25, 0.3) is 0 Å². The van der Waals surface area contributed by atoms with E-state index in [1.54, 1.807) is 0 Å². The van der Waals surface area contributed by atoms with E-state index in [-0.39, 0.29) is 24.2 Å². The predicted octanol–water partition coefficient (Wildman–Crippen LogP) is -1.20. The van der Waals surface area contributed by atoms with Gasteiger partial charge in [0.1, 0.15) is 18.1 Å². The first-order valence-corrected chi connectivity index (χ1v) is 12.6. The van der Waals surface area contributed by atoms with Crippen LogP contribution in [0.3, 0.4) is 0 Å². The molecule has 3 amide bonds. The fourth-order valence-electron chi connectivity index (χ4n) is 4.18. The number of likely N-dealkylation sites (tertiary alicyclic amines) is 1. The third-order valence-electron chi connectivity index (χ3n) is 6.06. The van der Waals surface area contributed by atoms with Gasteiger partial charge in [0, 0.05) is 13.1 Å². The molecule has 1 fully saturated rings. The highest BCUT2D eigenvalue weighted by Gasteiger charge is 2.37. The van der Waals surface area contributed by atoms with Gasteiger partial charge in [-0.1, -0.05) is 20.3 Å². The number of rotatable bonds is 16. The van der Waals surface area contributed by atoms with Crippen LogP contribution >= 0.6 is 0 Å². The number of carbonyl (C=O) groups is 4. The Hall–Kier alpha value is -2.93. The summed E-state index contributed by atoms with van der Waals surface area (Å²) in [5.41, 5.74) is 16.8. The molecule has 13 nitrogen and oxygen atoms in total. The molecule has 0 unspecified atom stereocenters. The molecule has 1 saturated heterocycles. The number of carboxylic acids is 1. The highest BCUT2D eigenvalue weighted by atomic mass is 16.4. The van der Waals surface area contributed by atoms with Gasteiger partial charge in [0.25, 0.3) is 0 Å². The van der Waals surface area contributed by atoms with Crippen LogP contribution in [-0.2, 0) is 19.2 Å². The number of aliphatic carboxylic acids is 1. The van der Waals surface area contributed by atoms with Crippen molar-refractivity contribution in [3.63, 3.8) is 0 Å². The third kappa shape index (κ3) is 10.8. The predicted molar refractivity (Wildman–Crippen MR) is 136 cm³/mol. The second kappa shape index (κ2) is 15.9. The lowest BCUT2D eigenvalue weighted by molar-refractivity contribution is -0.143. The van der Waals surface area contributed by atoms with Crippen molar-refractivity contribution < 1.29 is 24.3 Å². The molecule has 0 saturated carbocycles. The van der Waals surface area contributed by atoms with Crippen LogP contribution in [0.1, 0.15) is 65.2 Å². The van der Waals surface area contributed by atoms with Gasteiger partial charge in [-0.05, 0) is 57.4 Å². The molecule has 0 aliphatic carbocycles. The topological polar surface area (TPSA) is 230 Å². The minimum atomic E-state index is -1.20. The number of nitrogens with two attached hydrogens (primary N) is 3. The molecule has 1 rings (SSSR count). The average Bonchev–Trinajstić information content (AvgIpc) is 3.29. The van der Waals surface area contributed by atoms with E-state index in [0.29, 0.717) is 51.7 Å². The summed E-state index contributed by atoms with van der Waals surface area (Å²) in [6, 6.07) is -3.55. The van der Waals surface area contributed by atoms with E-state index in [0.717, 1.165) is 12.8 Å². The molecule has 0 aromatic heterocycles. The van der Waals surface area contributed by atoms with Gasteiger partial charge in [0.2, 0.25) is 17.7 Å². The number of nitrogens with one attached hydrogen (secondary N) is 4. The molecule has 4 atom stereocenters. The van der Waals surface area contributed by atoms with Gasteiger partial charge in [-0.15, -0.1) is 0 Å². The van der Waals surface area contributed by atoms with Gasteiger partial charge >= 0.3 is 5.97 Å². The van der Waals surface area contributed by atoms with E-state index < -0.39 is 42.0 Å². The molecular formula is C23H44N8O5. The zero-order valence-electron chi connectivity index (χ0n) is 21.4. The van der Waals surface area contributed by atoms with Crippen molar-refractivity contribution in [2.45, 2.75) is 89.4 Å². The second-order valence-electron chi connectivity index (χ2n) is 9.65. The lowest BCUT2D eigenvalue weighted by atomic mass is 10.0. The van der Waals surface area contributed by atoms with Crippen LogP contribution in [0.5, 0.6) is 0 Å². The zero-order valence-corrected chi connectivity index (χ0v) is 21.4. The van der Waals surface area contributed by atoms with Gasteiger partial charge in [0.15, 0.2) is 5.96 Å². The van der Waals surface area contributed by atoms with E-state index >= 15 is 0 Å². The van der Waals surface area contributed by atoms with Crippen molar-refractivity contribution in [3.05, 3.63) is 0 Å². The summed E-state index contributed by atoms with van der Waals surface area (Å²) in [7, 11) is 0. The smallest absolute Gasteiger partial charge is 0.326 e. The minimum Gasteiger partial charge on any atom is -0.480 e. The lowest BCUT2D eigenvalue weighted by Crippen LogP contribution is -2.56. The number of guanidine groups is 1. The Morgan fingerprint density at radius 3 is 2.36 bits per heavy atom. The number of hydrogen-bond donors (Lipinski definition) is 8. The normalized spacial score (nSPS) is 17.8. The first-order valence-electron chi connectivity index (χ1n) is 12.6. The second-order valence-corrected chi connectivity index (χ2v) is 9.65. The molecule has 1 aliphatic heterocycles. The van der Waals surface area contributed by atoms with Gasteiger partial charge in [-0.3, -0.25) is 19.8 Å². The number of carbonyl (C=O) groups excluding carboxylic acids is 3. The first kappa shape index (κ1) is 31.1. The van der Waals surface area contributed by atoms with Crippen LogP contribution in [0.2, 0.25) is 0 Å². The van der Waals surface area contributed by atoms with Crippen molar-refractivity contribution >= 4 is 29.7 Å². The summed E-state index contributed by atoms with van der Waals surface area (Å²) in [6.45, 7) is 5.01. The van der Waals surface area contributed by atoms with Crippen molar-refractivity contribution in [3.8, 4) is 0 Å². The maximum Gasteiger partial charge on any atom is 0.326 e. The Morgan fingerprint density at radius 1 is 1.08 bits per heavy atom. The fraction of sp³-hybridized carbons (Fsp3) is 0.783. The highest BCUT2D eigenvalue weighted by Crippen LogP contribution is 2.20. The monoisotopic (exact) mass is 512 g/mol. The standard InChI is InChI=1S/C23H44N8O5/c1-14(2)13-17(19(32)29-16(22(35)36)8-5-11-28-23(26)27)30-20(33)18-9-6-12-31(18)21(34)15(25)7-3-4-10-24/h14-18H,3-13,24-25H2,1-2H3,(H,29,32)(H,30,33)(H,35,36)(H4,26,27,28)/t15-,16-,17-,18-/m0/s1. The number of unbranched alkanes of at least 4 members (excludes halogenated alkanes) is 1. The summed E-state index contributed by atoms with van der Waals surface area (Å²) in [5.74, 6) is -2.72. The quantitative estimate of drug-likeness (QED) is 0.0704. The molecule has 0 spiro atoms. The summed E-state index contributed by atoms with van der Waals surface area (Å²) >= 11 is 0. The summed E-state index contributed by atoms with van der Waals surface area (Å²) in [4.78, 5) is 52.1. The van der Waals surface area contributed by atoms with Crippen LogP contribution < -0.4 is 33.2 Å². The molecule has 0 aromatic carbocycles. The molecule has 206 valence electrons. The molecule has 1 aliphatic rings. The molecule has 0 bridgehead atoms. The number of amides is 3. The van der Waals surface area contributed by atoms with E-state index in [9.17, 15) is 24.3 Å². The van der Waals surface area contributed by atoms with Crippen LogP contribution in [0.4, 0.5) is 0 Å². The Bertz CT molecular complexity index is 763. The Morgan fingerprint density at radius 2 is 1.78 bits per heavy atom. The number of carboxylic acid groups (broad SMARTS) is 1. The van der Waals surface area contributed by atoms with E-state index in [2.05, 4.69) is 16.0 Å². The van der Waals surface area contributed by atoms with Crippen molar-refractivity contribution in [2.75, 3.05) is 19.6 Å². The van der Waals surface area contributed by atoms with E-state index in [4.69, 9.17) is 22.6 Å². The minimum absolute atomic E-state index is 0.0429. The molecule has 13 heteroatoms. The van der Waals surface area contributed by atoms with Crippen LogP contribution in [0.15, 0.2) is 0 Å². The van der Waals surface area contributed by atoms with E-state index in [1.807, 2.05) is 13.8 Å². The fourth-order valence-corrected chi connectivity index (χ4v) is 4.18. The van der Waals surface area contributed by atoms with Crippen molar-refractivity contribution in [2.24, 2.45) is 23.1 Å². The molecule has 11 N–H and O–H groups in total. The van der Waals surface area contributed by atoms with Crippen LogP contribution in [-0.4, -0.2) is 83.5 Å². The molecule has 0 aromatic rings. The van der Waals surface area contributed by atoms with Gasteiger partial charge < -0.3 is 43.2 Å². The SMILES string of the molecule is CC(C)C[C@H](NC(=O)[C@@H]1CCCN1C(=O)[C@@H](N)CCCCN)C(=O)N[C@@H](CCCNC(=N)N)C(=O)O. The molecule has 36 heavy (non-hydrogen) atoms. The maximum absolute atomic E-state index is 13.1. The Kier molecular flexibility index (Phi) is 13.8. The van der Waals surface area contributed by atoms with Crippen LogP contribution in [0, 0.1) is 11.3 Å². The summed E-state index contributed by atoms with van der Waals surface area (Å²) in [6.07, 6.45) is 3.87. The zero-order chi connectivity index (χ0) is 27.3. The Labute approximate surface area is 212 Å². The van der Waals surface area contributed by atoms with Gasteiger partial charge in [-0.25, -0.2) is 4.79 Å². The third-order valence-corrected chi connectivity index (χ3v) is 6.06. The first-order chi connectivity index (χ1) is 17.0.